The van der Waals surface area contributed by atoms with Crippen molar-refractivity contribution < 1.29 is 4.39 Å². The number of aromatic amines is 1. The maximum atomic E-state index is 12.7. The highest BCUT2D eigenvalue weighted by Gasteiger charge is 2.08. The van der Waals surface area contributed by atoms with E-state index >= 15 is 0 Å². The SMILES string of the molecule is CCc1nc(-c2ccc(F)cn2)[nH]c(=O)c1C. The number of nitrogens with one attached hydrogen (secondary N) is 1. The summed E-state index contributed by atoms with van der Waals surface area (Å²) in [5, 5.41) is 0. The van der Waals surface area contributed by atoms with Crippen molar-refractivity contribution in [1.82, 2.24) is 15.0 Å². The summed E-state index contributed by atoms with van der Waals surface area (Å²) in [6.45, 7) is 3.66. The van der Waals surface area contributed by atoms with Gasteiger partial charge in [0.1, 0.15) is 11.5 Å². The summed E-state index contributed by atoms with van der Waals surface area (Å²) in [5.41, 5.74) is 1.62. The zero-order valence-electron chi connectivity index (χ0n) is 9.62. The molecule has 17 heavy (non-hydrogen) atoms. The second-order valence-corrected chi connectivity index (χ2v) is 3.70. The van der Waals surface area contributed by atoms with Crippen molar-refractivity contribution in [2.24, 2.45) is 0 Å². The van der Waals surface area contributed by atoms with Crippen molar-refractivity contribution >= 4 is 0 Å². The van der Waals surface area contributed by atoms with Crippen LogP contribution in [0, 0.1) is 12.7 Å². The third-order valence-corrected chi connectivity index (χ3v) is 2.56. The number of pyridine rings is 1. The summed E-state index contributed by atoms with van der Waals surface area (Å²) in [6.07, 6.45) is 1.77. The van der Waals surface area contributed by atoms with Gasteiger partial charge in [-0.25, -0.2) is 14.4 Å². The smallest absolute Gasteiger partial charge is 0.254 e. The first-order valence-corrected chi connectivity index (χ1v) is 5.33. The van der Waals surface area contributed by atoms with Gasteiger partial charge in [-0.2, -0.15) is 0 Å². The van der Waals surface area contributed by atoms with Gasteiger partial charge >= 0.3 is 0 Å². The predicted octanol–water partition coefficient (Wildman–Crippen LogP) is 1.84. The Balaban J connectivity index is 2.56. The Morgan fingerprint density at radius 1 is 1.41 bits per heavy atom. The van der Waals surface area contributed by atoms with E-state index in [2.05, 4.69) is 15.0 Å². The van der Waals surface area contributed by atoms with Crippen LogP contribution in [0.2, 0.25) is 0 Å². The molecule has 0 saturated heterocycles. The average molecular weight is 233 g/mol. The van der Waals surface area contributed by atoms with Gasteiger partial charge in [0.2, 0.25) is 0 Å². The molecule has 0 aliphatic rings. The summed E-state index contributed by atoms with van der Waals surface area (Å²) in [6, 6.07) is 2.77. The Labute approximate surface area is 97.6 Å². The van der Waals surface area contributed by atoms with Crippen molar-refractivity contribution in [3.63, 3.8) is 0 Å². The van der Waals surface area contributed by atoms with E-state index in [-0.39, 0.29) is 5.56 Å². The van der Waals surface area contributed by atoms with Crippen LogP contribution >= 0.6 is 0 Å². The monoisotopic (exact) mass is 233 g/mol. The van der Waals surface area contributed by atoms with Crippen LogP contribution in [0.5, 0.6) is 0 Å². The third-order valence-electron chi connectivity index (χ3n) is 2.56. The lowest BCUT2D eigenvalue weighted by molar-refractivity contribution is 0.621. The van der Waals surface area contributed by atoms with Crippen molar-refractivity contribution in [2.75, 3.05) is 0 Å². The van der Waals surface area contributed by atoms with Gasteiger partial charge in [0, 0.05) is 5.56 Å². The van der Waals surface area contributed by atoms with Gasteiger partial charge in [-0.1, -0.05) is 6.92 Å². The summed E-state index contributed by atoms with van der Waals surface area (Å²) in [4.78, 5) is 22.5. The highest BCUT2D eigenvalue weighted by molar-refractivity contribution is 5.48. The molecule has 2 aromatic heterocycles. The van der Waals surface area contributed by atoms with Gasteiger partial charge in [-0.3, -0.25) is 4.79 Å². The number of aryl methyl sites for hydroxylation is 1. The molecular formula is C12H12FN3O. The standard InChI is InChI=1S/C12H12FN3O/c1-3-9-7(2)12(17)16-11(15-9)10-5-4-8(13)6-14-10/h4-6H,3H2,1-2H3,(H,15,16,17). The van der Waals surface area contributed by atoms with E-state index in [0.717, 1.165) is 11.9 Å². The molecule has 2 aromatic rings. The second kappa shape index (κ2) is 4.45. The number of hydrogen-bond donors (Lipinski definition) is 1. The normalized spacial score (nSPS) is 10.5. The predicted molar refractivity (Wildman–Crippen MR) is 62.2 cm³/mol. The van der Waals surface area contributed by atoms with Gasteiger partial charge in [0.25, 0.3) is 5.56 Å². The van der Waals surface area contributed by atoms with Crippen molar-refractivity contribution in [1.29, 1.82) is 0 Å². The van der Waals surface area contributed by atoms with Gasteiger partial charge < -0.3 is 4.98 Å². The minimum Gasteiger partial charge on any atom is -0.305 e. The Morgan fingerprint density at radius 2 is 2.18 bits per heavy atom. The summed E-state index contributed by atoms with van der Waals surface area (Å²) < 4.78 is 12.7. The van der Waals surface area contributed by atoms with Crippen LogP contribution < -0.4 is 5.56 Å². The Morgan fingerprint density at radius 3 is 2.76 bits per heavy atom. The molecule has 0 aliphatic carbocycles. The molecule has 0 spiro atoms. The lowest BCUT2D eigenvalue weighted by Gasteiger charge is -2.05. The van der Waals surface area contributed by atoms with Crippen LogP contribution in [0.3, 0.4) is 0 Å². The van der Waals surface area contributed by atoms with E-state index in [0.29, 0.717) is 23.5 Å². The van der Waals surface area contributed by atoms with Crippen molar-refractivity contribution in [3.8, 4) is 11.5 Å². The summed E-state index contributed by atoms with van der Waals surface area (Å²) >= 11 is 0. The molecule has 0 fully saturated rings. The lowest BCUT2D eigenvalue weighted by atomic mass is 10.2. The maximum Gasteiger partial charge on any atom is 0.254 e. The Hall–Kier alpha value is -2.04. The van der Waals surface area contributed by atoms with E-state index in [4.69, 9.17) is 0 Å². The zero-order chi connectivity index (χ0) is 12.4. The van der Waals surface area contributed by atoms with E-state index in [1.807, 2.05) is 6.92 Å². The quantitative estimate of drug-likeness (QED) is 0.861. The van der Waals surface area contributed by atoms with Gasteiger partial charge in [-0.15, -0.1) is 0 Å². The van der Waals surface area contributed by atoms with Crippen LogP contribution in [0.15, 0.2) is 23.1 Å². The van der Waals surface area contributed by atoms with Gasteiger partial charge in [0.05, 0.1) is 11.9 Å². The fraction of sp³-hybridized carbons (Fsp3) is 0.250. The van der Waals surface area contributed by atoms with Gasteiger partial charge in [-0.05, 0) is 25.5 Å². The summed E-state index contributed by atoms with van der Waals surface area (Å²) in [7, 11) is 0. The zero-order valence-corrected chi connectivity index (χ0v) is 9.62. The third kappa shape index (κ3) is 2.22. The number of aromatic nitrogens is 3. The van der Waals surface area contributed by atoms with E-state index < -0.39 is 5.82 Å². The number of hydrogen-bond acceptors (Lipinski definition) is 3. The molecule has 1 N–H and O–H groups in total. The first-order valence-electron chi connectivity index (χ1n) is 5.33. The molecule has 2 rings (SSSR count). The lowest BCUT2D eigenvalue weighted by Crippen LogP contribution is -2.16. The highest BCUT2D eigenvalue weighted by Crippen LogP contribution is 2.12. The maximum absolute atomic E-state index is 12.7. The molecule has 0 atom stereocenters. The van der Waals surface area contributed by atoms with Crippen LogP contribution in [0.1, 0.15) is 18.2 Å². The minimum atomic E-state index is -0.418. The summed E-state index contributed by atoms with van der Waals surface area (Å²) in [5.74, 6) is -0.0450. The first-order chi connectivity index (χ1) is 8.11. The molecule has 0 amide bonds. The van der Waals surface area contributed by atoms with E-state index in [9.17, 15) is 9.18 Å². The van der Waals surface area contributed by atoms with E-state index in [1.54, 1.807) is 6.92 Å². The van der Waals surface area contributed by atoms with E-state index in [1.165, 1.54) is 12.1 Å². The van der Waals surface area contributed by atoms with Gasteiger partial charge in [0.15, 0.2) is 5.82 Å². The van der Waals surface area contributed by atoms with Crippen LogP contribution in [-0.2, 0) is 6.42 Å². The molecule has 0 radical (unpaired) electrons. The molecule has 0 unspecified atom stereocenters. The van der Waals surface area contributed by atoms with Crippen LogP contribution in [0.25, 0.3) is 11.5 Å². The Bertz CT molecular complexity index is 590. The molecular weight excluding hydrogens is 221 g/mol. The average Bonchev–Trinajstić information content (AvgIpc) is 2.33. The topological polar surface area (TPSA) is 58.6 Å². The van der Waals surface area contributed by atoms with Crippen molar-refractivity contribution in [3.05, 3.63) is 45.8 Å². The molecule has 0 bridgehead atoms. The minimum absolute atomic E-state index is 0.182. The second-order valence-electron chi connectivity index (χ2n) is 3.70. The Kier molecular flexibility index (Phi) is 2.99. The first kappa shape index (κ1) is 11.4. The fourth-order valence-corrected chi connectivity index (χ4v) is 1.56. The van der Waals surface area contributed by atoms with Crippen LogP contribution in [0.4, 0.5) is 4.39 Å². The number of halogens is 1. The number of H-pyrrole nitrogens is 1. The number of rotatable bonds is 2. The highest BCUT2D eigenvalue weighted by atomic mass is 19.1. The molecule has 0 aliphatic heterocycles. The van der Waals surface area contributed by atoms with Crippen LogP contribution in [-0.4, -0.2) is 15.0 Å². The number of nitrogens with zero attached hydrogens (tertiary/aromatic N) is 2. The fourth-order valence-electron chi connectivity index (χ4n) is 1.56. The molecule has 0 saturated carbocycles. The molecule has 88 valence electrons. The largest absolute Gasteiger partial charge is 0.305 e. The van der Waals surface area contributed by atoms with Crippen molar-refractivity contribution in [2.45, 2.75) is 20.3 Å². The molecule has 0 aromatic carbocycles. The molecule has 2 heterocycles. The molecule has 4 nitrogen and oxygen atoms in total. The molecule has 5 heteroatoms.